The van der Waals surface area contributed by atoms with Crippen molar-refractivity contribution in [1.29, 1.82) is 0 Å². The highest BCUT2D eigenvalue weighted by molar-refractivity contribution is 7.87. The van der Waals surface area contributed by atoms with Crippen LogP contribution in [0.25, 0.3) is 6.08 Å². The number of nitrogens with one attached hydrogen (secondary N) is 1. The van der Waals surface area contributed by atoms with Crippen molar-refractivity contribution in [3.8, 4) is 11.5 Å². The van der Waals surface area contributed by atoms with E-state index in [-0.39, 0.29) is 34.3 Å². The summed E-state index contributed by atoms with van der Waals surface area (Å²) in [6.45, 7) is 5.38. The molecular formula is C27H23ClN2O7S. The second kappa shape index (κ2) is 10.7. The summed E-state index contributed by atoms with van der Waals surface area (Å²) in [5.74, 6) is -1.71. The summed E-state index contributed by atoms with van der Waals surface area (Å²) in [7, 11) is -4.15. The van der Waals surface area contributed by atoms with Gasteiger partial charge in [0.15, 0.2) is 11.5 Å². The molecule has 0 unspecified atom stereocenters. The summed E-state index contributed by atoms with van der Waals surface area (Å²) in [6.07, 6.45) is 1.28. The quantitative estimate of drug-likeness (QED) is 0.253. The summed E-state index contributed by atoms with van der Waals surface area (Å²) >= 11 is 6.16. The number of carbonyl (C=O) groups excluding carboxylic acids is 3. The Morgan fingerprint density at radius 2 is 1.68 bits per heavy atom. The maximum absolute atomic E-state index is 13.3. The third-order valence-corrected chi connectivity index (χ3v) is 7.33. The molecule has 0 atom stereocenters. The van der Waals surface area contributed by atoms with Gasteiger partial charge in [-0.2, -0.15) is 8.42 Å². The average molecular weight is 555 g/mol. The normalized spacial score (nSPS) is 15.0. The third kappa shape index (κ3) is 5.41. The minimum absolute atomic E-state index is 0.0257. The molecule has 3 aromatic carbocycles. The number of benzene rings is 3. The van der Waals surface area contributed by atoms with Crippen LogP contribution < -0.4 is 19.1 Å². The van der Waals surface area contributed by atoms with Crippen LogP contribution in [-0.4, -0.2) is 32.9 Å². The standard InChI is InChI=1S/C27H23ClN2O7S/c1-4-36-24-15-18(10-13-23(24)37-38(34,35)19-11-8-16(2)9-12-19)14-20-25(31)29-27(33)30(26(20)32)22-7-5-6-21(28)17(22)3/h5-15H,4H2,1-3H3,(H,29,31,33)/b20-14+. The molecule has 9 nitrogen and oxygen atoms in total. The third-order valence-electron chi connectivity index (χ3n) is 5.67. The number of rotatable bonds is 7. The van der Waals surface area contributed by atoms with E-state index in [1.165, 1.54) is 36.4 Å². The van der Waals surface area contributed by atoms with Gasteiger partial charge in [0.2, 0.25) is 0 Å². The summed E-state index contributed by atoms with van der Waals surface area (Å²) in [5.41, 5.74) is 1.64. The van der Waals surface area contributed by atoms with Crippen molar-refractivity contribution in [1.82, 2.24) is 5.32 Å². The largest absolute Gasteiger partial charge is 0.490 e. The lowest BCUT2D eigenvalue weighted by molar-refractivity contribution is -0.122. The van der Waals surface area contributed by atoms with Gasteiger partial charge in [-0.1, -0.05) is 41.4 Å². The van der Waals surface area contributed by atoms with E-state index in [2.05, 4.69) is 5.32 Å². The second-order valence-electron chi connectivity index (χ2n) is 8.33. The molecule has 1 N–H and O–H groups in total. The Bertz CT molecular complexity index is 1580. The van der Waals surface area contributed by atoms with Gasteiger partial charge < -0.3 is 8.92 Å². The zero-order chi connectivity index (χ0) is 27.6. The van der Waals surface area contributed by atoms with Gasteiger partial charge in [-0.3, -0.25) is 14.9 Å². The molecule has 0 radical (unpaired) electrons. The molecule has 0 aromatic heterocycles. The lowest BCUT2D eigenvalue weighted by Gasteiger charge is -2.27. The summed E-state index contributed by atoms with van der Waals surface area (Å²) in [4.78, 5) is 39.2. The molecule has 1 saturated heterocycles. The second-order valence-corrected chi connectivity index (χ2v) is 10.3. The maximum atomic E-state index is 13.3. The van der Waals surface area contributed by atoms with Crippen LogP contribution in [-0.2, 0) is 19.7 Å². The van der Waals surface area contributed by atoms with Gasteiger partial charge in [0.05, 0.1) is 12.3 Å². The fraction of sp³-hybridized carbons (Fsp3) is 0.148. The number of imide groups is 2. The maximum Gasteiger partial charge on any atom is 0.339 e. The van der Waals surface area contributed by atoms with Crippen molar-refractivity contribution in [3.63, 3.8) is 0 Å². The van der Waals surface area contributed by atoms with Crippen LogP contribution in [0.2, 0.25) is 5.02 Å². The van der Waals surface area contributed by atoms with Crippen molar-refractivity contribution >= 4 is 51.3 Å². The van der Waals surface area contributed by atoms with E-state index in [0.29, 0.717) is 16.1 Å². The molecule has 0 saturated carbocycles. The lowest BCUT2D eigenvalue weighted by atomic mass is 10.1. The fourth-order valence-electron chi connectivity index (χ4n) is 3.70. The smallest absolute Gasteiger partial charge is 0.339 e. The number of anilines is 1. The Labute approximate surface area is 224 Å². The van der Waals surface area contributed by atoms with E-state index in [0.717, 1.165) is 10.5 Å². The highest BCUT2D eigenvalue weighted by atomic mass is 35.5. The molecule has 4 rings (SSSR count). The highest BCUT2D eigenvalue weighted by Gasteiger charge is 2.37. The summed E-state index contributed by atoms with van der Waals surface area (Å²) < 4.78 is 36.5. The first-order valence-corrected chi connectivity index (χ1v) is 13.2. The number of amides is 4. The van der Waals surface area contributed by atoms with Crippen LogP contribution in [0, 0.1) is 13.8 Å². The van der Waals surface area contributed by atoms with Crippen LogP contribution in [0.5, 0.6) is 11.5 Å². The molecule has 1 aliphatic rings. The average Bonchev–Trinajstić information content (AvgIpc) is 2.86. The Kier molecular flexibility index (Phi) is 7.56. The minimum atomic E-state index is -4.15. The molecule has 3 aromatic rings. The number of aryl methyl sites for hydroxylation is 1. The molecule has 1 heterocycles. The first-order chi connectivity index (χ1) is 18.0. The first kappa shape index (κ1) is 26.9. The molecule has 38 heavy (non-hydrogen) atoms. The van der Waals surface area contributed by atoms with Crippen molar-refractivity contribution in [2.45, 2.75) is 25.7 Å². The van der Waals surface area contributed by atoms with Gasteiger partial charge in [0.1, 0.15) is 10.5 Å². The molecule has 11 heteroatoms. The molecule has 4 amide bonds. The first-order valence-electron chi connectivity index (χ1n) is 11.5. The van der Waals surface area contributed by atoms with Crippen LogP contribution >= 0.6 is 11.6 Å². The van der Waals surface area contributed by atoms with Crippen molar-refractivity contribution in [2.75, 3.05) is 11.5 Å². The summed E-state index contributed by atoms with van der Waals surface area (Å²) in [5, 5.41) is 2.51. The van der Waals surface area contributed by atoms with Gasteiger partial charge >= 0.3 is 16.1 Å². The minimum Gasteiger partial charge on any atom is -0.490 e. The van der Waals surface area contributed by atoms with Gasteiger partial charge in [-0.25, -0.2) is 9.69 Å². The van der Waals surface area contributed by atoms with E-state index >= 15 is 0 Å². The SMILES string of the molecule is CCOc1cc(/C=C2\C(=O)NC(=O)N(c3cccc(Cl)c3C)C2=O)ccc1OS(=O)(=O)c1ccc(C)cc1. The number of nitrogens with zero attached hydrogens (tertiary/aromatic N) is 1. The Balaban J connectivity index is 1.69. The Morgan fingerprint density at radius 3 is 2.37 bits per heavy atom. The molecule has 0 spiro atoms. The van der Waals surface area contributed by atoms with Gasteiger partial charge in [-0.15, -0.1) is 0 Å². The van der Waals surface area contributed by atoms with Gasteiger partial charge in [0.25, 0.3) is 11.8 Å². The van der Waals surface area contributed by atoms with Gasteiger partial charge in [0, 0.05) is 5.02 Å². The number of carbonyl (C=O) groups is 3. The molecule has 1 fully saturated rings. The van der Waals surface area contributed by atoms with E-state index in [1.54, 1.807) is 44.2 Å². The predicted molar refractivity (Wildman–Crippen MR) is 142 cm³/mol. The molecule has 196 valence electrons. The Hall–Kier alpha value is -4.15. The number of barbiturate groups is 1. The van der Waals surface area contributed by atoms with Crippen molar-refractivity contribution in [3.05, 3.63) is 87.9 Å². The van der Waals surface area contributed by atoms with E-state index in [1.807, 2.05) is 6.92 Å². The molecule has 0 bridgehead atoms. The van der Waals surface area contributed by atoms with Crippen LogP contribution in [0.15, 0.2) is 71.1 Å². The zero-order valence-electron chi connectivity index (χ0n) is 20.6. The molecular weight excluding hydrogens is 532 g/mol. The van der Waals surface area contributed by atoms with Crippen molar-refractivity contribution in [2.24, 2.45) is 0 Å². The topological polar surface area (TPSA) is 119 Å². The fourth-order valence-corrected chi connectivity index (χ4v) is 4.81. The molecule has 1 aliphatic heterocycles. The van der Waals surface area contributed by atoms with Crippen LogP contribution in [0.3, 0.4) is 0 Å². The monoisotopic (exact) mass is 554 g/mol. The number of ether oxygens (including phenoxy) is 1. The van der Waals surface area contributed by atoms with E-state index in [4.69, 9.17) is 20.5 Å². The van der Waals surface area contributed by atoms with Crippen LogP contribution in [0.1, 0.15) is 23.6 Å². The van der Waals surface area contributed by atoms with Crippen molar-refractivity contribution < 1.29 is 31.7 Å². The number of hydrogen-bond acceptors (Lipinski definition) is 7. The van der Waals surface area contributed by atoms with Crippen LogP contribution in [0.4, 0.5) is 10.5 Å². The molecule has 0 aliphatic carbocycles. The van der Waals surface area contributed by atoms with Gasteiger partial charge in [-0.05, 0) is 74.4 Å². The number of urea groups is 1. The van der Waals surface area contributed by atoms with E-state index < -0.39 is 28.0 Å². The highest BCUT2D eigenvalue weighted by Crippen LogP contribution is 2.33. The zero-order valence-corrected chi connectivity index (χ0v) is 22.2. The number of halogens is 1. The lowest BCUT2D eigenvalue weighted by Crippen LogP contribution is -2.54. The summed E-state index contributed by atoms with van der Waals surface area (Å²) in [6, 6.07) is 14.3. The predicted octanol–water partition coefficient (Wildman–Crippen LogP) is 4.79. The number of hydrogen-bond donors (Lipinski definition) is 1. The van der Waals surface area contributed by atoms with E-state index in [9.17, 15) is 22.8 Å². The Morgan fingerprint density at radius 1 is 0.974 bits per heavy atom.